The maximum atomic E-state index is 13.1. The largest absolute Gasteiger partial charge is 0.386 e. The lowest BCUT2D eigenvalue weighted by atomic mass is 9.90. The van der Waals surface area contributed by atoms with Gasteiger partial charge >= 0.3 is 0 Å². The maximum Gasteiger partial charge on any atom is 0.227 e. The summed E-state index contributed by atoms with van der Waals surface area (Å²) in [7, 11) is 1.88. The van der Waals surface area contributed by atoms with E-state index in [4.69, 9.17) is 0 Å². The van der Waals surface area contributed by atoms with Crippen LogP contribution in [0.3, 0.4) is 0 Å². The quantitative estimate of drug-likeness (QED) is 0.256. The number of rotatable bonds is 11. The Balaban J connectivity index is 1.45. The predicted octanol–water partition coefficient (Wildman–Crippen LogP) is 7.92. The van der Waals surface area contributed by atoms with Gasteiger partial charge in [-0.25, -0.2) is 0 Å². The Morgan fingerprint density at radius 1 is 1.06 bits per heavy atom. The lowest BCUT2D eigenvalue weighted by molar-refractivity contribution is -0.119. The van der Waals surface area contributed by atoms with E-state index >= 15 is 0 Å². The summed E-state index contributed by atoms with van der Waals surface area (Å²) in [6.45, 7) is 3.71. The van der Waals surface area contributed by atoms with Gasteiger partial charge in [-0.05, 0) is 85.9 Å². The number of halogens is 1. The molecule has 1 aliphatic carbocycles. The summed E-state index contributed by atoms with van der Waals surface area (Å²) in [5.74, 6) is 1.17. The van der Waals surface area contributed by atoms with Crippen LogP contribution in [0, 0.1) is 5.41 Å². The maximum absolute atomic E-state index is 13.1. The molecule has 0 bridgehead atoms. The molecular formula is C31H36BrNO2S. The van der Waals surface area contributed by atoms with Crippen LogP contribution in [0.1, 0.15) is 61.5 Å². The average molecular weight is 567 g/mol. The van der Waals surface area contributed by atoms with Crippen molar-refractivity contribution in [3.8, 4) is 0 Å². The van der Waals surface area contributed by atoms with Crippen LogP contribution in [0.25, 0.3) is 0 Å². The van der Waals surface area contributed by atoms with E-state index in [0.717, 1.165) is 47.2 Å². The lowest BCUT2D eigenvalue weighted by Crippen LogP contribution is -2.29. The first-order valence-corrected chi connectivity index (χ1v) is 14.5. The van der Waals surface area contributed by atoms with Crippen molar-refractivity contribution in [3.63, 3.8) is 0 Å². The first kappa shape index (κ1) is 27.0. The zero-order chi connectivity index (χ0) is 25.8. The Kier molecular flexibility index (Phi) is 8.64. The fraction of sp³-hybridized carbons (Fsp3) is 0.387. The molecule has 190 valence electrons. The van der Waals surface area contributed by atoms with Gasteiger partial charge in [0.25, 0.3) is 0 Å². The SMILES string of the molecule is CN(C(=O)CC1(CS[C@H](CCc2ccccc2C(C)(C)O)c2cccc(Br)c2)CC1)c1ccccc1. The van der Waals surface area contributed by atoms with Crippen molar-refractivity contribution in [3.05, 3.63) is 100 Å². The molecule has 1 saturated carbocycles. The minimum absolute atomic E-state index is 0.0973. The molecule has 1 amide bonds. The number of aryl methyl sites for hydroxylation is 1. The molecule has 0 saturated heterocycles. The van der Waals surface area contributed by atoms with Gasteiger partial charge in [0.05, 0.1) is 5.60 Å². The number of para-hydroxylation sites is 1. The first-order chi connectivity index (χ1) is 17.2. The van der Waals surface area contributed by atoms with Crippen LogP contribution < -0.4 is 4.90 Å². The highest BCUT2D eigenvalue weighted by molar-refractivity contribution is 9.10. The van der Waals surface area contributed by atoms with Crippen LogP contribution in [0.15, 0.2) is 83.3 Å². The molecule has 3 nitrogen and oxygen atoms in total. The number of carbonyl (C=O) groups excluding carboxylic acids is 1. The van der Waals surface area contributed by atoms with Gasteiger partial charge in [0, 0.05) is 34.6 Å². The molecule has 5 heteroatoms. The number of amides is 1. The van der Waals surface area contributed by atoms with E-state index in [0.29, 0.717) is 11.7 Å². The molecule has 36 heavy (non-hydrogen) atoms. The molecule has 1 fully saturated rings. The van der Waals surface area contributed by atoms with Crippen LogP contribution >= 0.6 is 27.7 Å². The topological polar surface area (TPSA) is 40.5 Å². The Bertz CT molecular complexity index is 1170. The summed E-state index contributed by atoms with van der Waals surface area (Å²) >= 11 is 5.63. The number of aliphatic hydroxyl groups is 1. The van der Waals surface area contributed by atoms with Gasteiger partial charge in [0.2, 0.25) is 5.91 Å². The van der Waals surface area contributed by atoms with E-state index in [9.17, 15) is 9.90 Å². The minimum atomic E-state index is -0.863. The number of hydrogen-bond donors (Lipinski definition) is 1. The van der Waals surface area contributed by atoms with Gasteiger partial charge in [-0.2, -0.15) is 11.8 Å². The second kappa shape index (κ2) is 11.5. The third-order valence-electron chi connectivity index (χ3n) is 7.16. The molecule has 1 N–H and O–H groups in total. The van der Waals surface area contributed by atoms with Crippen molar-refractivity contribution in [1.29, 1.82) is 0 Å². The number of thioether (sulfide) groups is 1. The van der Waals surface area contributed by atoms with E-state index in [-0.39, 0.29) is 11.3 Å². The molecular weight excluding hydrogens is 530 g/mol. The van der Waals surface area contributed by atoms with Crippen molar-refractivity contribution in [1.82, 2.24) is 0 Å². The van der Waals surface area contributed by atoms with Crippen molar-refractivity contribution in [2.45, 2.75) is 56.8 Å². The molecule has 0 heterocycles. The highest BCUT2D eigenvalue weighted by Crippen LogP contribution is 2.53. The molecule has 0 radical (unpaired) electrons. The number of hydrogen-bond acceptors (Lipinski definition) is 3. The Morgan fingerprint density at radius 3 is 2.42 bits per heavy atom. The van der Waals surface area contributed by atoms with Crippen LogP contribution in [-0.4, -0.2) is 23.8 Å². The summed E-state index contributed by atoms with van der Waals surface area (Å²) in [6, 6.07) is 26.7. The number of nitrogens with zero attached hydrogens (tertiary/aromatic N) is 1. The molecule has 1 atom stereocenters. The fourth-order valence-corrected chi connectivity index (χ4v) is 6.72. The normalized spacial score (nSPS) is 15.4. The Labute approximate surface area is 228 Å². The van der Waals surface area contributed by atoms with Gasteiger partial charge in [0.1, 0.15) is 0 Å². The number of carbonyl (C=O) groups is 1. The second-order valence-corrected chi connectivity index (χ2v) is 12.7. The predicted molar refractivity (Wildman–Crippen MR) is 155 cm³/mol. The van der Waals surface area contributed by atoms with E-state index in [2.05, 4.69) is 52.3 Å². The highest BCUT2D eigenvalue weighted by atomic mass is 79.9. The van der Waals surface area contributed by atoms with Crippen molar-refractivity contribution < 1.29 is 9.90 Å². The lowest BCUT2D eigenvalue weighted by Gasteiger charge is -2.25. The van der Waals surface area contributed by atoms with Crippen molar-refractivity contribution in [2.24, 2.45) is 5.41 Å². The molecule has 0 unspecified atom stereocenters. The minimum Gasteiger partial charge on any atom is -0.386 e. The third kappa shape index (κ3) is 7.02. The van der Waals surface area contributed by atoms with E-state index < -0.39 is 5.60 Å². The summed E-state index contributed by atoms with van der Waals surface area (Å²) < 4.78 is 1.09. The van der Waals surface area contributed by atoms with Gasteiger partial charge in [-0.15, -0.1) is 0 Å². The zero-order valence-corrected chi connectivity index (χ0v) is 23.8. The summed E-state index contributed by atoms with van der Waals surface area (Å²) in [4.78, 5) is 14.9. The van der Waals surface area contributed by atoms with Crippen LogP contribution in [-0.2, 0) is 16.8 Å². The monoisotopic (exact) mass is 565 g/mol. The van der Waals surface area contributed by atoms with Gasteiger partial charge in [-0.3, -0.25) is 4.79 Å². The molecule has 3 aromatic rings. The third-order valence-corrected chi connectivity index (χ3v) is 9.35. The Hall–Kier alpha value is -2.08. The van der Waals surface area contributed by atoms with Crippen LogP contribution in [0.4, 0.5) is 5.69 Å². The van der Waals surface area contributed by atoms with E-state index in [1.165, 1.54) is 11.1 Å². The fourth-order valence-electron chi connectivity index (χ4n) is 4.74. The molecule has 0 aromatic heterocycles. The standard InChI is InChI=1S/C31H36BrNO2S/c1-30(2,35)27-15-8-7-10-23(27)16-17-28(24-11-9-12-25(32)20-24)36-22-31(18-19-31)21-29(34)33(3)26-13-5-4-6-14-26/h4-15,20,28,35H,16-19,21-22H2,1-3H3/t28-/m1/s1. The molecule has 3 aromatic carbocycles. The van der Waals surface area contributed by atoms with Gasteiger partial charge in [0.15, 0.2) is 0 Å². The zero-order valence-electron chi connectivity index (χ0n) is 21.4. The molecule has 0 spiro atoms. The van der Waals surface area contributed by atoms with Crippen LogP contribution in [0.2, 0.25) is 0 Å². The average Bonchev–Trinajstić information content (AvgIpc) is 3.63. The number of benzene rings is 3. The highest BCUT2D eigenvalue weighted by Gasteiger charge is 2.45. The van der Waals surface area contributed by atoms with Crippen molar-refractivity contribution in [2.75, 3.05) is 17.7 Å². The smallest absolute Gasteiger partial charge is 0.227 e. The first-order valence-electron chi connectivity index (χ1n) is 12.7. The summed E-state index contributed by atoms with van der Waals surface area (Å²) in [5, 5.41) is 11.0. The second-order valence-electron chi connectivity index (χ2n) is 10.6. The van der Waals surface area contributed by atoms with Gasteiger partial charge < -0.3 is 10.0 Å². The van der Waals surface area contributed by atoms with Crippen molar-refractivity contribution >= 4 is 39.3 Å². The molecule has 4 rings (SSSR count). The Morgan fingerprint density at radius 2 is 1.75 bits per heavy atom. The van der Waals surface area contributed by atoms with Crippen LogP contribution in [0.5, 0.6) is 0 Å². The summed E-state index contributed by atoms with van der Waals surface area (Å²) in [6.07, 6.45) is 4.69. The summed E-state index contributed by atoms with van der Waals surface area (Å²) in [5.41, 5.74) is 3.68. The van der Waals surface area contributed by atoms with Gasteiger partial charge in [-0.1, -0.05) is 70.5 Å². The molecule has 0 aliphatic heterocycles. The van der Waals surface area contributed by atoms with E-state index in [1.54, 1.807) is 4.90 Å². The molecule has 1 aliphatic rings. The number of anilines is 1. The van der Waals surface area contributed by atoms with E-state index in [1.807, 2.05) is 75.1 Å².